The van der Waals surface area contributed by atoms with Gasteiger partial charge < -0.3 is 5.32 Å². The van der Waals surface area contributed by atoms with E-state index < -0.39 is 21.5 Å². The molecule has 1 aliphatic rings. The van der Waals surface area contributed by atoms with Crippen LogP contribution < -0.4 is 5.32 Å². The monoisotopic (exact) mass is 211 g/mol. The first kappa shape index (κ1) is 9.21. The number of fused-ring (bicyclic) bond motifs is 1. The summed E-state index contributed by atoms with van der Waals surface area (Å²) in [5.41, 5.74) is 0.651. The Morgan fingerprint density at radius 3 is 2.71 bits per heavy atom. The molecule has 0 saturated heterocycles. The minimum Gasteiger partial charge on any atom is -0.351 e. The molecule has 0 atom stereocenters. The van der Waals surface area contributed by atoms with E-state index in [1.165, 1.54) is 6.07 Å². The molecule has 1 heterocycles. The van der Waals surface area contributed by atoms with Gasteiger partial charge in [-0.1, -0.05) is 18.2 Å². The zero-order chi connectivity index (χ0) is 10.2. The lowest BCUT2D eigenvalue weighted by atomic mass is 10.2. The molecule has 0 bridgehead atoms. The molecule has 1 aromatic rings. The van der Waals surface area contributed by atoms with E-state index in [0.29, 0.717) is 5.56 Å². The third kappa shape index (κ3) is 1.50. The van der Waals surface area contributed by atoms with Crippen LogP contribution in [0.4, 0.5) is 0 Å². The number of nitrogens with one attached hydrogen (secondary N) is 1. The van der Waals surface area contributed by atoms with E-state index in [1.807, 2.05) is 0 Å². The van der Waals surface area contributed by atoms with Crippen molar-refractivity contribution in [3.63, 3.8) is 0 Å². The minimum absolute atomic E-state index is 0.262. The lowest BCUT2D eigenvalue weighted by Crippen LogP contribution is -2.25. The molecule has 0 spiro atoms. The summed E-state index contributed by atoms with van der Waals surface area (Å²) in [4.78, 5) is 11.3. The molecule has 2 rings (SSSR count). The van der Waals surface area contributed by atoms with Gasteiger partial charge in [-0.3, -0.25) is 4.79 Å². The highest BCUT2D eigenvalue weighted by atomic mass is 32.2. The Hall–Kier alpha value is -1.36. The molecule has 1 aromatic carbocycles. The first-order valence-corrected chi connectivity index (χ1v) is 5.82. The minimum atomic E-state index is -3.44. The maximum Gasteiger partial charge on any atom is 0.235 e. The van der Waals surface area contributed by atoms with Crippen LogP contribution in [0.5, 0.6) is 0 Å². The zero-order valence-electron chi connectivity index (χ0n) is 7.36. The first-order valence-electron chi connectivity index (χ1n) is 4.17. The van der Waals surface area contributed by atoms with E-state index in [1.54, 1.807) is 18.2 Å². The Morgan fingerprint density at radius 2 is 1.93 bits per heavy atom. The maximum absolute atomic E-state index is 11.6. The Morgan fingerprint density at radius 1 is 1.21 bits per heavy atom. The fraction of sp³-hybridized carbons (Fsp3) is 0.222. The van der Waals surface area contributed by atoms with Crippen LogP contribution in [0, 0.1) is 0 Å². The molecule has 0 unspecified atom stereocenters. The van der Waals surface area contributed by atoms with Crippen LogP contribution in [-0.4, -0.2) is 20.1 Å². The second-order valence-electron chi connectivity index (χ2n) is 3.14. The molecular formula is C9H9NO3S. The molecule has 4 nitrogen and oxygen atoms in total. The van der Waals surface area contributed by atoms with E-state index in [4.69, 9.17) is 0 Å². The number of hydrogen-bond acceptors (Lipinski definition) is 3. The van der Waals surface area contributed by atoms with Gasteiger partial charge in [0.15, 0.2) is 9.84 Å². The summed E-state index contributed by atoms with van der Waals surface area (Å²) in [7, 11) is -3.44. The predicted molar refractivity (Wildman–Crippen MR) is 50.3 cm³/mol. The Kier molecular flexibility index (Phi) is 2.03. The first-order chi connectivity index (χ1) is 6.59. The van der Waals surface area contributed by atoms with Gasteiger partial charge in [0.25, 0.3) is 0 Å². The van der Waals surface area contributed by atoms with Crippen LogP contribution in [0.3, 0.4) is 0 Å². The highest BCUT2D eigenvalue weighted by Crippen LogP contribution is 2.18. The molecule has 74 valence electrons. The molecule has 0 aromatic heterocycles. The zero-order valence-corrected chi connectivity index (χ0v) is 8.17. The van der Waals surface area contributed by atoms with E-state index >= 15 is 0 Å². The number of hydrogen-bond donors (Lipinski definition) is 1. The summed E-state index contributed by atoms with van der Waals surface area (Å²) in [6.07, 6.45) is 0. The number of carbonyl (C=O) groups excluding carboxylic acids is 1. The molecule has 0 fully saturated rings. The maximum atomic E-state index is 11.6. The molecule has 5 heteroatoms. The van der Waals surface area contributed by atoms with Gasteiger partial charge in [-0.2, -0.15) is 0 Å². The summed E-state index contributed by atoms with van der Waals surface area (Å²) >= 11 is 0. The van der Waals surface area contributed by atoms with Crippen LogP contribution in [0.2, 0.25) is 0 Å². The normalized spacial score (nSPS) is 19.3. The smallest absolute Gasteiger partial charge is 0.235 e. The molecule has 14 heavy (non-hydrogen) atoms. The van der Waals surface area contributed by atoms with Crippen LogP contribution in [-0.2, 0) is 21.2 Å². The lowest BCUT2D eigenvalue weighted by Gasteiger charge is -2.02. The number of amides is 1. The predicted octanol–water partition coefficient (Wildman–Crippen LogP) is 0.0901. The highest BCUT2D eigenvalue weighted by Gasteiger charge is 2.25. The van der Waals surface area contributed by atoms with Crippen molar-refractivity contribution in [2.24, 2.45) is 0 Å². The van der Waals surface area contributed by atoms with Crippen molar-refractivity contribution >= 4 is 15.7 Å². The average molecular weight is 211 g/mol. The number of benzene rings is 1. The molecule has 0 radical (unpaired) electrons. The Balaban J connectivity index is 2.62. The summed E-state index contributed by atoms with van der Waals surface area (Å²) < 4.78 is 23.3. The van der Waals surface area contributed by atoms with Crippen LogP contribution in [0.15, 0.2) is 29.2 Å². The second-order valence-corrected chi connectivity index (χ2v) is 5.10. The van der Waals surface area contributed by atoms with Crippen LogP contribution in [0.1, 0.15) is 5.56 Å². The van der Waals surface area contributed by atoms with Crippen LogP contribution >= 0.6 is 0 Å². The Labute approximate surface area is 81.9 Å². The highest BCUT2D eigenvalue weighted by molar-refractivity contribution is 7.92. The lowest BCUT2D eigenvalue weighted by molar-refractivity contribution is -0.118. The van der Waals surface area contributed by atoms with Gasteiger partial charge in [0.05, 0.1) is 4.90 Å². The van der Waals surface area contributed by atoms with Gasteiger partial charge in [0.2, 0.25) is 5.91 Å². The van der Waals surface area contributed by atoms with Crippen molar-refractivity contribution in [2.45, 2.75) is 11.4 Å². The van der Waals surface area contributed by atoms with Crippen molar-refractivity contribution in [1.82, 2.24) is 5.32 Å². The van der Waals surface area contributed by atoms with Gasteiger partial charge in [-0.05, 0) is 11.6 Å². The van der Waals surface area contributed by atoms with Crippen molar-refractivity contribution in [3.8, 4) is 0 Å². The fourth-order valence-electron chi connectivity index (χ4n) is 1.45. The topological polar surface area (TPSA) is 63.2 Å². The SMILES string of the molecule is O=C1CS(=O)(=O)c2ccccc2CN1. The largest absolute Gasteiger partial charge is 0.351 e. The van der Waals surface area contributed by atoms with Gasteiger partial charge in [0.1, 0.15) is 5.75 Å². The summed E-state index contributed by atoms with van der Waals surface area (Å²) in [5, 5.41) is 2.54. The van der Waals surface area contributed by atoms with E-state index in [0.717, 1.165) is 0 Å². The molecule has 1 amide bonds. The van der Waals surface area contributed by atoms with Gasteiger partial charge in [-0.15, -0.1) is 0 Å². The molecule has 0 aliphatic carbocycles. The number of rotatable bonds is 0. The third-order valence-electron chi connectivity index (χ3n) is 2.10. The van der Waals surface area contributed by atoms with Gasteiger partial charge in [0, 0.05) is 6.54 Å². The van der Waals surface area contributed by atoms with E-state index in [9.17, 15) is 13.2 Å². The van der Waals surface area contributed by atoms with E-state index in [-0.39, 0.29) is 11.4 Å². The standard InChI is InChI=1S/C9H9NO3S/c11-9-6-14(12,13)8-4-2-1-3-7(8)5-10-9/h1-4H,5-6H2,(H,10,11). The number of sulfone groups is 1. The van der Waals surface area contributed by atoms with Crippen molar-refractivity contribution in [2.75, 3.05) is 5.75 Å². The van der Waals surface area contributed by atoms with Crippen LogP contribution in [0.25, 0.3) is 0 Å². The fourth-order valence-corrected chi connectivity index (χ4v) is 2.88. The summed E-state index contributed by atoms with van der Waals surface area (Å²) in [5.74, 6) is -0.898. The molecule has 0 saturated carbocycles. The molecular weight excluding hydrogens is 202 g/mol. The molecule has 1 aliphatic heterocycles. The Bertz CT molecular complexity index is 479. The molecule has 1 N–H and O–H groups in total. The second kappa shape index (κ2) is 3.09. The van der Waals surface area contributed by atoms with Crippen molar-refractivity contribution in [3.05, 3.63) is 29.8 Å². The average Bonchev–Trinajstić information content (AvgIpc) is 2.24. The number of carbonyl (C=O) groups is 1. The van der Waals surface area contributed by atoms with Crippen molar-refractivity contribution in [1.29, 1.82) is 0 Å². The van der Waals surface area contributed by atoms with Gasteiger partial charge >= 0.3 is 0 Å². The van der Waals surface area contributed by atoms with Crippen molar-refractivity contribution < 1.29 is 13.2 Å². The quantitative estimate of drug-likeness (QED) is 0.661. The summed E-state index contributed by atoms with van der Waals surface area (Å²) in [6.45, 7) is 0.286. The third-order valence-corrected chi connectivity index (χ3v) is 3.82. The summed E-state index contributed by atoms with van der Waals surface area (Å²) in [6, 6.07) is 6.65. The van der Waals surface area contributed by atoms with E-state index in [2.05, 4.69) is 5.32 Å². The van der Waals surface area contributed by atoms with Gasteiger partial charge in [-0.25, -0.2) is 8.42 Å².